The summed E-state index contributed by atoms with van der Waals surface area (Å²) in [5.74, 6) is 0.386. The molecular formula is C16H15N3O3S. The number of aromatic nitrogens is 2. The Bertz CT molecular complexity index is 858. The molecule has 3 rings (SSSR count). The molecule has 0 aromatic carbocycles. The first-order valence-electron chi connectivity index (χ1n) is 7.08. The second-order valence-electron chi connectivity index (χ2n) is 5.02. The van der Waals surface area contributed by atoms with E-state index in [4.69, 9.17) is 4.42 Å². The number of thiazole rings is 1. The van der Waals surface area contributed by atoms with Crippen LogP contribution in [0.15, 0.2) is 45.3 Å². The molecule has 7 heteroatoms. The standard InChI is InChI=1S/C16H15N3O3S/c1-10-19-13(9-23-10)14-6-12(8-22-14)16(21)17-5-4-11-2-3-15(20)18-7-11/h2-3,6-9H,4-5H2,1H3,(H,17,21)(H,18,20). The van der Waals surface area contributed by atoms with E-state index in [2.05, 4.69) is 15.3 Å². The highest BCUT2D eigenvalue weighted by molar-refractivity contribution is 7.09. The third-order valence-electron chi connectivity index (χ3n) is 3.28. The van der Waals surface area contributed by atoms with Crippen LogP contribution in [-0.4, -0.2) is 22.4 Å². The van der Waals surface area contributed by atoms with Crippen LogP contribution in [0.3, 0.4) is 0 Å². The molecule has 0 aliphatic rings. The van der Waals surface area contributed by atoms with E-state index >= 15 is 0 Å². The number of hydrogen-bond acceptors (Lipinski definition) is 5. The lowest BCUT2D eigenvalue weighted by molar-refractivity contribution is 0.0953. The average Bonchev–Trinajstić information content (AvgIpc) is 3.18. The summed E-state index contributed by atoms with van der Waals surface area (Å²) in [6, 6.07) is 4.89. The van der Waals surface area contributed by atoms with Gasteiger partial charge in [-0.2, -0.15) is 0 Å². The van der Waals surface area contributed by atoms with Crippen molar-refractivity contribution in [2.75, 3.05) is 6.54 Å². The van der Waals surface area contributed by atoms with Gasteiger partial charge in [0.2, 0.25) is 5.56 Å². The van der Waals surface area contributed by atoms with Gasteiger partial charge in [0, 0.05) is 24.2 Å². The zero-order chi connectivity index (χ0) is 16.2. The van der Waals surface area contributed by atoms with E-state index in [-0.39, 0.29) is 11.5 Å². The molecule has 6 nitrogen and oxygen atoms in total. The summed E-state index contributed by atoms with van der Waals surface area (Å²) in [7, 11) is 0. The van der Waals surface area contributed by atoms with Crippen molar-refractivity contribution in [2.24, 2.45) is 0 Å². The molecule has 0 bridgehead atoms. The van der Waals surface area contributed by atoms with Gasteiger partial charge in [-0.3, -0.25) is 9.59 Å². The van der Waals surface area contributed by atoms with Crippen LogP contribution in [0, 0.1) is 6.92 Å². The summed E-state index contributed by atoms with van der Waals surface area (Å²) < 4.78 is 5.41. The minimum Gasteiger partial charge on any atom is -0.462 e. The van der Waals surface area contributed by atoms with Crippen LogP contribution in [0.4, 0.5) is 0 Å². The Morgan fingerprint density at radius 1 is 1.43 bits per heavy atom. The first kappa shape index (κ1) is 15.2. The maximum atomic E-state index is 12.1. The minimum atomic E-state index is -0.198. The number of H-pyrrole nitrogens is 1. The van der Waals surface area contributed by atoms with Crippen LogP contribution >= 0.6 is 11.3 Å². The number of rotatable bonds is 5. The van der Waals surface area contributed by atoms with E-state index in [0.717, 1.165) is 16.3 Å². The van der Waals surface area contributed by atoms with Gasteiger partial charge in [0.1, 0.15) is 12.0 Å². The number of pyridine rings is 1. The fraction of sp³-hybridized carbons (Fsp3) is 0.188. The summed E-state index contributed by atoms with van der Waals surface area (Å²) >= 11 is 1.53. The first-order valence-corrected chi connectivity index (χ1v) is 7.96. The van der Waals surface area contributed by atoms with Crippen LogP contribution in [-0.2, 0) is 6.42 Å². The fourth-order valence-electron chi connectivity index (χ4n) is 2.09. The van der Waals surface area contributed by atoms with Crippen molar-refractivity contribution in [1.29, 1.82) is 0 Å². The molecule has 0 aliphatic carbocycles. The van der Waals surface area contributed by atoms with Gasteiger partial charge >= 0.3 is 0 Å². The molecule has 0 fully saturated rings. The zero-order valence-corrected chi connectivity index (χ0v) is 13.3. The number of amides is 1. The first-order chi connectivity index (χ1) is 11.1. The van der Waals surface area contributed by atoms with E-state index in [1.165, 1.54) is 23.7 Å². The van der Waals surface area contributed by atoms with Crippen LogP contribution in [0.1, 0.15) is 20.9 Å². The predicted octanol–water partition coefficient (Wildman–Crippen LogP) is 2.37. The van der Waals surface area contributed by atoms with Crippen molar-refractivity contribution in [2.45, 2.75) is 13.3 Å². The van der Waals surface area contributed by atoms with Crippen LogP contribution in [0.25, 0.3) is 11.5 Å². The van der Waals surface area contributed by atoms with Gasteiger partial charge in [-0.1, -0.05) is 6.07 Å². The second-order valence-corrected chi connectivity index (χ2v) is 6.08. The second kappa shape index (κ2) is 6.62. The fourth-order valence-corrected chi connectivity index (χ4v) is 2.69. The molecule has 0 spiro atoms. The van der Waals surface area contributed by atoms with Crippen molar-refractivity contribution in [1.82, 2.24) is 15.3 Å². The number of nitrogens with one attached hydrogen (secondary N) is 2. The predicted molar refractivity (Wildman–Crippen MR) is 87.7 cm³/mol. The third kappa shape index (κ3) is 3.75. The Morgan fingerprint density at radius 2 is 2.30 bits per heavy atom. The van der Waals surface area contributed by atoms with E-state index < -0.39 is 0 Å². The molecule has 3 heterocycles. The van der Waals surface area contributed by atoms with Crippen LogP contribution in [0.2, 0.25) is 0 Å². The molecule has 0 unspecified atom stereocenters. The van der Waals surface area contributed by atoms with E-state index in [1.54, 1.807) is 18.3 Å². The molecule has 0 saturated carbocycles. The third-order valence-corrected chi connectivity index (χ3v) is 4.05. The molecular weight excluding hydrogens is 314 g/mol. The van der Waals surface area contributed by atoms with Crippen LogP contribution < -0.4 is 10.9 Å². The van der Waals surface area contributed by atoms with Gasteiger partial charge in [-0.15, -0.1) is 11.3 Å². The van der Waals surface area contributed by atoms with Crippen molar-refractivity contribution in [3.8, 4) is 11.5 Å². The quantitative estimate of drug-likeness (QED) is 0.752. The maximum absolute atomic E-state index is 12.1. The highest BCUT2D eigenvalue weighted by Gasteiger charge is 2.12. The van der Waals surface area contributed by atoms with Gasteiger partial charge in [0.05, 0.1) is 10.6 Å². The molecule has 3 aromatic heterocycles. The van der Waals surface area contributed by atoms with Crippen LogP contribution in [0.5, 0.6) is 0 Å². The molecule has 1 amide bonds. The summed E-state index contributed by atoms with van der Waals surface area (Å²) in [6.07, 6.45) is 3.72. The number of furan rings is 1. The number of carbonyl (C=O) groups excluding carboxylic acids is 1. The van der Waals surface area contributed by atoms with Gasteiger partial charge in [-0.25, -0.2) is 4.98 Å². The molecule has 0 aliphatic heterocycles. The van der Waals surface area contributed by atoms with Gasteiger partial charge < -0.3 is 14.7 Å². The van der Waals surface area contributed by atoms with E-state index in [9.17, 15) is 9.59 Å². The highest BCUT2D eigenvalue weighted by Crippen LogP contribution is 2.23. The largest absolute Gasteiger partial charge is 0.462 e. The number of hydrogen-bond donors (Lipinski definition) is 2. The summed E-state index contributed by atoms with van der Waals surface area (Å²) in [6.45, 7) is 2.39. The Balaban J connectivity index is 1.57. The highest BCUT2D eigenvalue weighted by atomic mass is 32.1. The number of carbonyl (C=O) groups is 1. The van der Waals surface area contributed by atoms with Gasteiger partial charge in [0.15, 0.2) is 5.76 Å². The Hall–Kier alpha value is -2.67. The monoisotopic (exact) mass is 329 g/mol. The number of nitrogens with zero attached hydrogens (tertiary/aromatic N) is 1. The summed E-state index contributed by atoms with van der Waals surface area (Å²) in [5, 5.41) is 5.67. The topological polar surface area (TPSA) is 88.0 Å². The van der Waals surface area contributed by atoms with Crippen molar-refractivity contribution in [3.05, 3.63) is 62.5 Å². The molecule has 0 saturated heterocycles. The maximum Gasteiger partial charge on any atom is 0.254 e. The molecule has 3 aromatic rings. The molecule has 0 radical (unpaired) electrons. The summed E-state index contributed by atoms with van der Waals surface area (Å²) in [5.41, 5.74) is 2.02. The van der Waals surface area contributed by atoms with Crippen molar-refractivity contribution >= 4 is 17.2 Å². The molecule has 118 valence electrons. The lowest BCUT2D eigenvalue weighted by Gasteiger charge is -2.03. The Morgan fingerprint density at radius 3 is 3.00 bits per heavy atom. The van der Waals surface area contributed by atoms with E-state index in [0.29, 0.717) is 24.3 Å². The Labute approximate surface area is 136 Å². The number of aromatic amines is 1. The lowest BCUT2D eigenvalue weighted by Crippen LogP contribution is -2.25. The van der Waals surface area contributed by atoms with E-state index in [1.807, 2.05) is 12.3 Å². The SMILES string of the molecule is Cc1nc(-c2cc(C(=O)NCCc3ccc(=O)[nH]c3)co2)cs1. The lowest BCUT2D eigenvalue weighted by atomic mass is 10.2. The summed E-state index contributed by atoms with van der Waals surface area (Å²) in [4.78, 5) is 30.0. The Kier molecular flexibility index (Phi) is 4.38. The van der Waals surface area contributed by atoms with Crippen molar-refractivity contribution in [3.63, 3.8) is 0 Å². The van der Waals surface area contributed by atoms with Gasteiger partial charge in [0.25, 0.3) is 5.91 Å². The molecule has 23 heavy (non-hydrogen) atoms. The zero-order valence-electron chi connectivity index (χ0n) is 12.5. The smallest absolute Gasteiger partial charge is 0.254 e. The molecule has 0 atom stereocenters. The number of aryl methyl sites for hydroxylation is 1. The molecule has 2 N–H and O–H groups in total. The normalized spacial score (nSPS) is 10.7. The average molecular weight is 329 g/mol. The van der Waals surface area contributed by atoms with Crippen molar-refractivity contribution < 1.29 is 9.21 Å². The van der Waals surface area contributed by atoms with Gasteiger partial charge in [-0.05, 0) is 25.0 Å². The minimum absolute atomic E-state index is 0.138.